The molecule has 2 atom stereocenters. The van der Waals surface area contributed by atoms with Gasteiger partial charge in [0.25, 0.3) is 0 Å². The number of halogens is 1. The quantitative estimate of drug-likeness (QED) is 0.848. The van der Waals surface area contributed by atoms with Crippen LogP contribution in [0.15, 0.2) is 4.60 Å². The number of nitrogens with zero attached hydrogens (tertiary/aromatic N) is 3. The fourth-order valence-corrected chi connectivity index (χ4v) is 3.33. The molecule has 0 aliphatic heterocycles. The van der Waals surface area contributed by atoms with Gasteiger partial charge >= 0.3 is 0 Å². The van der Waals surface area contributed by atoms with E-state index in [1.807, 2.05) is 11.7 Å². The van der Waals surface area contributed by atoms with E-state index in [2.05, 4.69) is 38.6 Å². The maximum Gasteiger partial charge on any atom is 0.151 e. The maximum absolute atomic E-state index is 4.09. The van der Waals surface area contributed by atoms with Crippen LogP contribution in [0.25, 0.3) is 0 Å². The standard InChI is InChI=1S/C11H19BrN4/c1-13-9-7-5-3-4-6-8(9)10-11(12)14-15-16(10)2/h8-9,13H,3-7H2,1-2H3. The minimum atomic E-state index is 0.530. The van der Waals surface area contributed by atoms with Crippen molar-refractivity contribution in [1.29, 1.82) is 0 Å². The fourth-order valence-electron chi connectivity index (χ4n) is 2.71. The van der Waals surface area contributed by atoms with E-state index < -0.39 is 0 Å². The molecule has 1 aliphatic rings. The minimum absolute atomic E-state index is 0.530. The SMILES string of the molecule is CNC1CCCCCC1c1c(Br)nnn1C. The molecule has 1 aromatic heterocycles. The number of hydrogen-bond donors (Lipinski definition) is 1. The van der Waals surface area contributed by atoms with Crippen molar-refractivity contribution in [1.82, 2.24) is 20.3 Å². The molecule has 1 saturated carbocycles. The monoisotopic (exact) mass is 286 g/mol. The average Bonchev–Trinajstić information content (AvgIpc) is 2.52. The van der Waals surface area contributed by atoms with Crippen LogP contribution in [0.4, 0.5) is 0 Å². The molecule has 1 heterocycles. The van der Waals surface area contributed by atoms with Crippen molar-refractivity contribution in [2.45, 2.75) is 44.1 Å². The van der Waals surface area contributed by atoms with Crippen LogP contribution in [0.3, 0.4) is 0 Å². The van der Waals surface area contributed by atoms with Crippen LogP contribution < -0.4 is 5.32 Å². The first kappa shape index (κ1) is 12.0. The smallest absolute Gasteiger partial charge is 0.151 e. The Bertz CT molecular complexity index is 330. The van der Waals surface area contributed by atoms with Gasteiger partial charge in [-0.3, -0.25) is 4.68 Å². The first-order valence-corrected chi connectivity index (χ1v) is 6.75. The summed E-state index contributed by atoms with van der Waals surface area (Å²) in [7, 11) is 4.03. The van der Waals surface area contributed by atoms with Gasteiger partial charge in [0.2, 0.25) is 0 Å². The van der Waals surface area contributed by atoms with Gasteiger partial charge in [-0.25, -0.2) is 0 Å². The third-order valence-electron chi connectivity index (χ3n) is 3.56. The van der Waals surface area contributed by atoms with E-state index in [0.717, 1.165) is 4.60 Å². The lowest BCUT2D eigenvalue weighted by molar-refractivity contribution is 0.418. The highest BCUT2D eigenvalue weighted by atomic mass is 79.9. The molecule has 16 heavy (non-hydrogen) atoms. The molecule has 2 unspecified atom stereocenters. The summed E-state index contributed by atoms with van der Waals surface area (Å²) in [5.41, 5.74) is 1.24. The number of aromatic nitrogens is 3. The molecular weight excluding hydrogens is 268 g/mol. The Morgan fingerprint density at radius 3 is 2.69 bits per heavy atom. The van der Waals surface area contributed by atoms with Crippen LogP contribution >= 0.6 is 15.9 Å². The predicted molar refractivity (Wildman–Crippen MR) is 67.4 cm³/mol. The lowest BCUT2D eigenvalue weighted by atomic mass is 9.92. The fraction of sp³-hybridized carbons (Fsp3) is 0.818. The topological polar surface area (TPSA) is 42.7 Å². The van der Waals surface area contributed by atoms with E-state index in [1.165, 1.54) is 37.8 Å². The van der Waals surface area contributed by atoms with Gasteiger partial charge in [0.05, 0.1) is 5.69 Å². The van der Waals surface area contributed by atoms with Gasteiger partial charge in [-0.05, 0) is 35.8 Å². The zero-order chi connectivity index (χ0) is 11.5. The summed E-state index contributed by atoms with van der Waals surface area (Å²) in [5, 5.41) is 11.6. The average molecular weight is 287 g/mol. The van der Waals surface area contributed by atoms with Crippen LogP contribution in [0, 0.1) is 0 Å². The first-order chi connectivity index (χ1) is 7.74. The number of nitrogens with one attached hydrogen (secondary N) is 1. The Kier molecular flexibility index (Phi) is 3.97. The number of rotatable bonds is 2. The molecule has 1 fully saturated rings. The zero-order valence-electron chi connectivity index (χ0n) is 9.91. The van der Waals surface area contributed by atoms with Crippen LogP contribution in [0.2, 0.25) is 0 Å². The molecule has 2 rings (SSSR count). The van der Waals surface area contributed by atoms with E-state index in [0.29, 0.717) is 12.0 Å². The van der Waals surface area contributed by atoms with Crippen LogP contribution in [0.5, 0.6) is 0 Å². The van der Waals surface area contributed by atoms with Crippen molar-refractivity contribution < 1.29 is 0 Å². The van der Waals surface area contributed by atoms with Gasteiger partial charge in [-0.15, -0.1) is 5.10 Å². The van der Waals surface area contributed by atoms with E-state index in [4.69, 9.17) is 0 Å². The van der Waals surface area contributed by atoms with Crippen LogP contribution in [-0.2, 0) is 7.05 Å². The molecule has 1 aliphatic carbocycles. The van der Waals surface area contributed by atoms with Crippen molar-refractivity contribution in [2.24, 2.45) is 7.05 Å². The van der Waals surface area contributed by atoms with Crippen LogP contribution in [0.1, 0.15) is 43.7 Å². The Morgan fingerprint density at radius 1 is 1.31 bits per heavy atom. The second-order valence-corrected chi connectivity index (χ2v) is 5.28. The highest BCUT2D eigenvalue weighted by Gasteiger charge is 2.28. The third kappa shape index (κ3) is 2.30. The summed E-state index contributed by atoms with van der Waals surface area (Å²) < 4.78 is 2.81. The highest BCUT2D eigenvalue weighted by Crippen LogP contribution is 2.34. The van der Waals surface area contributed by atoms with Crippen molar-refractivity contribution in [3.8, 4) is 0 Å². The van der Waals surface area contributed by atoms with E-state index >= 15 is 0 Å². The highest BCUT2D eigenvalue weighted by molar-refractivity contribution is 9.10. The molecule has 5 heteroatoms. The largest absolute Gasteiger partial charge is 0.316 e. The summed E-state index contributed by atoms with van der Waals surface area (Å²) in [5.74, 6) is 0.530. The molecule has 90 valence electrons. The molecular formula is C11H19BrN4. The molecule has 0 bridgehead atoms. The molecule has 1 N–H and O–H groups in total. The van der Waals surface area contributed by atoms with Gasteiger partial charge in [0, 0.05) is 19.0 Å². The normalized spacial score (nSPS) is 26.7. The van der Waals surface area contributed by atoms with Crippen LogP contribution in [-0.4, -0.2) is 28.1 Å². The molecule has 4 nitrogen and oxygen atoms in total. The van der Waals surface area contributed by atoms with E-state index in [-0.39, 0.29) is 0 Å². The molecule has 1 aromatic rings. The lowest BCUT2D eigenvalue weighted by Gasteiger charge is -2.24. The summed E-state index contributed by atoms with van der Waals surface area (Å²) in [6.45, 7) is 0. The molecule has 0 aromatic carbocycles. The maximum atomic E-state index is 4.09. The van der Waals surface area contributed by atoms with Gasteiger partial charge in [0.15, 0.2) is 4.60 Å². The Labute approximate surface area is 105 Å². The second kappa shape index (κ2) is 5.27. The Balaban J connectivity index is 2.28. The van der Waals surface area contributed by atoms with Gasteiger partial charge < -0.3 is 5.32 Å². The summed E-state index contributed by atoms with van der Waals surface area (Å²) in [4.78, 5) is 0. The number of likely N-dealkylation sites (N-methyl/N-ethyl adjacent to an activating group) is 1. The second-order valence-electron chi connectivity index (χ2n) is 4.53. The summed E-state index contributed by atoms with van der Waals surface area (Å²) in [6, 6.07) is 0.552. The van der Waals surface area contributed by atoms with E-state index in [1.54, 1.807) is 0 Å². The molecule has 0 saturated heterocycles. The molecule has 0 spiro atoms. The number of hydrogen-bond acceptors (Lipinski definition) is 3. The Morgan fingerprint density at radius 2 is 2.06 bits per heavy atom. The number of aryl methyl sites for hydroxylation is 1. The van der Waals surface area contributed by atoms with Crippen molar-refractivity contribution >= 4 is 15.9 Å². The van der Waals surface area contributed by atoms with Gasteiger partial charge in [0.1, 0.15) is 0 Å². The first-order valence-electron chi connectivity index (χ1n) is 5.96. The van der Waals surface area contributed by atoms with Crippen molar-refractivity contribution in [2.75, 3.05) is 7.05 Å². The Hall–Kier alpha value is -0.420. The lowest BCUT2D eigenvalue weighted by Crippen LogP contribution is -2.32. The summed E-state index contributed by atoms with van der Waals surface area (Å²) >= 11 is 3.51. The summed E-state index contributed by atoms with van der Waals surface area (Å²) in [6.07, 6.45) is 6.45. The minimum Gasteiger partial charge on any atom is -0.316 e. The van der Waals surface area contributed by atoms with Crippen molar-refractivity contribution in [3.05, 3.63) is 10.3 Å². The molecule has 0 amide bonds. The predicted octanol–water partition coefficient (Wildman–Crippen LogP) is 2.21. The van der Waals surface area contributed by atoms with Gasteiger partial charge in [-0.2, -0.15) is 0 Å². The van der Waals surface area contributed by atoms with Gasteiger partial charge in [-0.1, -0.05) is 24.5 Å². The van der Waals surface area contributed by atoms with E-state index in [9.17, 15) is 0 Å². The van der Waals surface area contributed by atoms with Crippen molar-refractivity contribution in [3.63, 3.8) is 0 Å². The third-order valence-corrected chi connectivity index (χ3v) is 4.13. The molecule has 0 radical (unpaired) electrons. The zero-order valence-corrected chi connectivity index (χ0v) is 11.5.